The Morgan fingerprint density at radius 3 is 2.52 bits per heavy atom. The summed E-state index contributed by atoms with van der Waals surface area (Å²) in [5.41, 5.74) is 0.754. The summed E-state index contributed by atoms with van der Waals surface area (Å²) in [5.74, 6) is -0.729. The molecular formula is C20H23FN2O4S2. The summed E-state index contributed by atoms with van der Waals surface area (Å²) in [6.07, 6.45) is 0.866. The van der Waals surface area contributed by atoms with E-state index in [0.29, 0.717) is 27.6 Å². The minimum absolute atomic E-state index is 0.221. The Kier molecular flexibility index (Phi) is 8.66. The van der Waals surface area contributed by atoms with Gasteiger partial charge in [0.2, 0.25) is 5.91 Å². The molecule has 0 aliphatic rings. The fourth-order valence-electron chi connectivity index (χ4n) is 2.53. The third-order valence-electron chi connectivity index (χ3n) is 3.95. The number of benzene rings is 1. The molecule has 2 amide bonds. The van der Waals surface area contributed by atoms with E-state index >= 15 is 0 Å². The molecule has 0 saturated carbocycles. The zero-order valence-electron chi connectivity index (χ0n) is 16.5. The fourth-order valence-corrected chi connectivity index (χ4v) is 4.50. The molecule has 1 aromatic heterocycles. The molecule has 0 aliphatic carbocycles. The second-order valence-corrected chi connectivity index (χ2v) is 8.20. The Bertz CT molecular complexity index is 881. The van der Waals surface area contributed by atoms with Crippen molar-refractivity contribution in [3.8, 4) is 0 Å². The summed E-state index contributed by atoms with van der Waals surface area (Å²) in [5, 5.41) is 5.61. The van der Waals surface area contributed by atoms with Gasteiger partial charge in [-0.05, 0) is 55.9 Å². The number of nitrogens with one attached hydrogen (secondary N) is 2. The number of hydrogen-bond acceptors (Lipinski definition) is 6. The van der Waals surface area contributed by atoms with Gasteiger partial charge in [-0.15, -0.1) is 23.1 Å². The van der Waals surface area contributed by atoms with Crippen molar-refractivity contribution in [2.75, 3.05) is 24.7 Å². The number of hydrogen-bond donors (Lipinski definition) is 2. The first-order valence-electron chi connectivity index (χ1n) is 9.08. The van der Waals surface area contributed by atoms with E-state index in [4.69, 9.17) is 4.74 Å². The molecule has 29 heavy (non-hydrogen) atoms. The molecule has 2 N–H and O–H groups in total. The molecule has 0 atom stereocenters. The van der Waals surface area contributed by atoms with Gasteiger partial charge < -0.3 is 15.4 Å². The van der Waals surface area contributed by atoms with Crippen LogP contribution in [0.5, 0.6) is 0 Å². The average molecular weight is 439 g/mol. The predicted octanol–water partition coefficient (Wildman–Crippen LogP) is 4.24. The first-order valence-corrected chi connectivity index (χ1v) is 10.9. The number of thioether (sulfide) groups is 1. The Labute approximate surface area is 177 Å². The number of amides is 2. The van der Waals surface area contributed by atoms with Gasteiger partial charge in [0.1, 0.15) is 15.7 Å². The van der Waals surface area contributed by atoms with Crippen molar-refractivity contribution in [1.29, 1.82) is 0 Å². The number of thiophene rings is 1. The summed E-state index contributed by atoms with van der Waals surface area (Å²) in [7, 11) is 1.49. The third kappa shape index (κ3) is 6.30. The quantitative estimate of drug-likeness (QED) is 0.347. The standard InChI is InChI=1S/C20H23FN2O4S2/c1-4-27-20(26)17-12(2)16(18(25)22-3)19(29-17)23-15(24)6-5-11-28-14-9-7-13(21)8-10-14/h7-10H,4-6,11H2,1-3H3,(H,22,25)(H,23,24). The minimum atomic E-state index is -0.517. The lowest BCUT2D eigenvalue weighted by molar-refractivity contribution is -0.116. The first kappa shape index (κ1) is 22.9. The summed E-state index contributed by atoms with van der Waals surface area (Å²) < 4.78 is 17.9. The third-order valence-corrected chi connectivity index (χ3v) is 6.23. The molecular weight excluding hydrogens is 415 g/mol. The summed E-state index contributed by atoms with van der Waals surface area (Å²) >= 11 is 2.57. The van der Waals surface area contributed by atoms with Gasteiger partial charge in [0, 0.05) is 18.4 Å². The summed E-state index contributed by atoms with van der Waals surface area (Å²) in [4.78, 5) is 37.9. The second kappa shape index (κ2) is 11.0. The Balaban J connectivity index is 1.99. The smallest absolute Gasteiger partial charge is 0.348 e. The van der Waals surface area contributed by atoms with Gasteiger partial charge in [-0.25, -0.2) is 9.18 Å². The lowest BCUT2D eigenvalue weighted by Crippen LogP contribution is -2.21. The van der Waals surface area contributed by atoms with Gasteiger partial charge in [-0.3, -0.25) is 9.59 Å². The molecule has 156 valence electrons. The lowest BCUT2D eigenvalue weighted by Gasteiger charge is -2.07. The molecule has 1 heterocycles. The number of carbonyl (C=O) groups is 3. The van der Waals surface area contributed by atoms with Crippen LogP contribution < -0.4 is 10.6 Å². The van der Waals surface area contributed by atoms with Crippen molar-refractivity contribution in [2.24, 2.45) is 0 Å². The molecule has 0 spiro atoms. The molecule has 0 radical (unpaired) electrons. The molecule has 0 aliphatic heterocycles. The van der Waals surface area contributed by atoms with E-state index in [1.54, 1.807) is 26.0 Å². The number of rotatable bonds is 9. The van der Waals surface area contributed by atoms with Gasteiger partial charge >= 0.3 is 5.97 Å². The lowest BCUT2D eigenvalue weighted by atomic mass is 10.1. The summed E-state index contributed by atoms with van der Waals surface area (Å²) in [6.45, 7) is 3.58. The highest BCUT2D eigenvalue weighted by molar-refractivity contribution is 7.99. The molecule has 0 fully saturated rings. The van der Waals surface area contributed by atoms with Crippen molar-refractivity contribution in [1.82, 2.24) is 5.32 Å². The van der Waals surface area contributed by atoms with E-state index in [0.717, 1.165) is 16.2 Å². The number of esters is 1. The van der Waals surface area contributed by atoms with E-state index < -0.39 is 5.97 Å². The highest BCUT2D eigenvalue weighted by Crippen LogP contribution is 2.34. The van der Waals surface area contributed by atoms with Crippen LogP contribution in [0.4, 0.5) is 9.39 Å². The van der Waals surface area contributed by atoms with Crippen LogP contribution in [0.1, 0.15) is 45.4 Å². The van der Waals surface area contributed by atoms with Crippen LogP contribution in [0.2, 0.25) is 0 Å². The maximum atomic E-state index is 12.9. The zero-order valence-corrected chi connectivity index (χ0v) is 18.1. The maximum absolute atomic E-state index is 12.9. The van der Waals surface area contributed by atoms with Gasteiger partial charge in [0.15, 0.2) is 0 Å². The van der Waals surface area contributed by atoms with Crippen LogP contribution in [-0.2, 0) is 9.53 Å². The van der Waals surface area contributed by atoms with Crippen molar-refractivity contribution in [3.05, 3.63) is 46.1 Å². The van der Waals surface area contributed by atoms with Crippen LogP contribution in [0, 0.1) is 12.7 Å². The molecule has 0 bridgehead atoms. The summed E-state index contributed by atoms with van der Waals surface area (Å²) in [6, 6.07) is 6.19. The van der Waals surface area contributed by atoms with Crippen LogP contribution in [0.25, 0.3) is 0 Å². The number of carbonyl (C=O) groups excluding carboxylic acids is 3. The molecule has 6 nitrogen and oxygen atoms in total. The van der Waals surface area contributed by atoms with E-state index in [1.165, 1.54) is 30.9 Å². The largest absolute Gasteiger partial charge is 0.462 e. The van der Waals surface area contributed by atoms with Gasteiger partial charge in [0.05, 0.1) is 12.2 Å². The Hall–Kier alpha value is -2.39. The highest BCUT2D eigenvalue weighted by atomic mass is 32.2. The molecule has 1 aromatic carbocycles. The predicted molar refractivity (Wildman–Crippen MR) is 113 cm³/mol. The minimum Gasteiger partial charge on any atom is -0.462 e. The van der Waals surface area contributed by atoms with E-state index in [9.17, 15) is 18.8 Å². The molecule has 0 unspecified atom stereocenters. The van der Waals surface area contributed by atoms with Gasteiger partial charge in [-0.1, -0.05) is 0 Å². The number of ether oxygens (including phenoxy) is 1. The normalized spacial score (nSPS) is 10.5. The topological polar surface area (TPSA) is 84.5 Å². The van der Waals surface area contributed by atoms with Crippen LogP contribution in [-0.4, -0.2) is 37.2 Å². The zero-order chi connectivity index (χ0) is 21.4. The van der Waals surface area contributed by atoms with E-state index in [-0.39, 0.29) is 36.2 Å². The Morgan fingerprint density at radius 2 is 1.90 bits per heavy atom. The molecule has 9 heteroatoms. The van der Waals surface area contributed by atoms with Crippen LogP contribution >= 0.6 is 23.1 Å². The molecule has 2 aromatic rings. The van der Waals surface area contributed by atoms with Crippen LogP contribution in [0.3, 0.4) is 0 Å². The maximum Gasteiger partial charge on any atom is 0.348 e. The number of anilines is 1. The number of halogens is 1. The van der Waals surface area contributed by atoms with Crippen molar-refractivity contribution in [3.63, 3.8) is 0 Å². The van der Waals surface area contributed by atoms with E-state index in [2.05, 4.69) is 10.6 Å². The van der Waals surface area contributed by atoms with Crippen molar-refractivity contribution < 1.29 is 23.5 Å². The van der Waals surface area contributed by atoms with Gasteiger partial charge in [0.25, 0.3) is 5.91 Å². The van der Waals surface area contributed by atoms with Crippen molar-refractivity contribution >= 4 is 45.9 Å². The first-order chi connectivity index (χ1) is 13.9. The second-order valence-electron chi connectivity index (χ2n) is 6.01. The van der Waals surface area contributed by atoms with Crippen molar-refractivity contribution in [2.45, 2.75) is 31.6 Å². The van der Waals surface area contributed by atoms with Crippen LogP contribution in [0.15, 0.2) is 29.2 Å². The van der Waals surface area contributed by atoms with Gasteiger partial charge in [-0.2, -0.15) is 0 Å². The average Bonchev–Trinajstić information content (AvgIpc) is 3.02. The fraction of sp³-hybridized carbons (Fsp3) is 0.350. The highest BCUT2D eigenvalue weighted by Gasteiger charge is 2.25. The molecule has 0 saturated heterocycles. The monoisotopic (exact) mass is 438 g/mol. The Morgan fingerprint density at radius 1 is 1.21 bits per heavy atom. The van der Waals surface area contributed by atoms with E-state index in [1.807, 2.05) is 0 Å². The SMILES string of the molecule is CCOC(=O)c1sc(NC(=O)CCCSc2ccc(F)cc2)c(C(=O)NC)c1C. The molecule has 2 rings (SSSR count).